The Labute approximate surface area is 145 Å². The van der Waals surface area contributed by atoms with Crippen molar-refractivity contribution < 1.29 is 9.53 Å². The molecule has 0 radical (unpaired) electrons. The molecule has 0 fully saturated rings. The number of nitrogens with zero attached hydrogens (tertiary/aromatic N) is 2. The van der Waals surface area contributed by atoms with Crippen LogP contribution < -0.4 is 5.56 Å². The maximum absolute atomic E-state index is 12.4. The number of carbonyl (C=O) groups is 1. The van der Waals surface area contributed by atoms with Crippen LogP contribution in [-0.2, 0) is 11.3 Å². The number of hydrogen-bond acceptors (Lipinski definition) is 4. The van der Waals surface area contributed by atoms with E-state index in [2.05, 4.69) is 4.98 Å². The standard InChI is InChI=1S/C20H20N2O3/c1-12-8-13(2)19(14(3)9-12)20(24)25-11-16-10-18(23)22-15(4)6-5-7-17(22)21-16/h5-10H,11H2,1-4H3. The van der Waals surface area contributed by atoms with Crippen LogP contribution in [0.4, 0.5) is 0 Å². The molecule has 5 nitrogen and oxygen atoms in total. The summed E-state index contributed by atoms with van der Waals surface area (Å²) in [5.74, 6) is -0.402. The van der Waals surface area contributed by atoms with Crippen LogP contribution in [0.25, 0.3) is 5.65 Å². The summed E-state index contributed by atoms with van der Waals surface area (Å²) >= 11 is 0. The van der Waals surface area contributed by atoms with Crippen LogP contribution in [0.3, 0.4) is 0 Å². The number of aromatic nitrogens is 2. The first-order valence-corrected chi connectivity index (χ1v) is 8.10. The van der Waals surface area contributed by atoms with E-state index in [0.29, 0.717) is 16.9 Å². The van der Waals surface area contributed by atoms with E-state index in [9.17, 15) is 9.59 Å². The lowest BCUT2D eigenvalue weighted by Gasteiger charge is -2.11. The molecule has 0 saturated carbocycles. The Kier molecular flexibility index (Phi) is 4.40. The van der Waals surface area contributed by atoms with E-state index in [0.717, 1.165) is 22.4 Å². The minimum absolute atomic E-state index is 0.0364. The minimum atomic E-state index is -0.402. The minimum Gasteiger partial charge on any atom is -0.456 e. The Morgan fingerprint density at radius 2 is 1.76 bits per heavy atom. The Bertz CT molecular complexity index is 1010. The van der Waals surface area contributed by atoms with Crippen molar-refractivity contribution in [3.05, 3.63) is 80.4 Å². The molecule has 1 aromatic carbocycles. The first kappa shape index (κ1) is 16.9. The summed E-state index contributed by atoms with van der Waals surface area (Å²) in [7, 11) is 0. The number of rotatable bonds is 3. The molecule has 2 heterocycles. The molecule has 3 rings (SSSR count). The third-order valence-corrected chi connectivity index (χ3v) is 4.17. The molecule has 0 saturated heterocycles. The third kappa shape index (κ3) is 3.31. The Morgan fingerprint density at radius 1 is 1.08 bits per heavy atom. The van der Waals surface area contributed by atoms with Gasteiger partial charge in [0.05, 0.1) is 11.3 Å². The van der Waals surface area contributed by atoms with Crippen LogP contribution in [-0.4, -0.2) is 15.4 Å². The smallest absolute Gasteiger partial charge is 0.339 e. The van der Waals surface area contributed by atoms with Crippen LogP contribution >= 0.6 is 0 Å². The molecule has 0 aliphatic rings. The number of hydrogen-bond donors (Lipinski definition) is 0. The first-order chi connectivity index (χ1) is 11.9. The van der Waals surface area contributed by atoms with Gasteiger partial charge < -0.3 is 4.74 Å². The zero-order chi connectivity index (χ0) is 18.1. The largest absolute Gasteiger partial charge is 0.456 e. The van der Waals surface area contributed by atoms with E-state index >= 15 is 0 Å². The average molecular weight is 336 g/mol. The number of esters is 1. The topological polar surface area (TPSA) is 60.7 Å². The molecule has 0 atom stereocenters. The molecule has 0 unspecified atom stereocenters. The first-order valence-electron chi connectivity index (χ1n) is 8.10. The second-order valence-corrected chi connectivity index (χ2v) is 6.30. The van der Waals surface area contributed by atoms with Crippen LogP contribution in [0.15, 0.2) is 41.2 Å². The zero-order valence-corrected chi connectivity index (χ0v) is 14.8. The second kappa shape index (κ2) is 6.51. The van der Waals surface area contributed by atoms with Crippen molar-refractivity contribution in [3.8, 4) is 0 Å². The van der Waals surface area contributed by atoms with E-state index in [4.69, 9.17) is 4.74 Å². The van der Waals surface area contributed by atoms with Gasteiger partial charge in [-0.3, -0.25) is 9.20 Å². The summed E-state index contributed by atoms with van der Waals surface area (Å²) in [4.78, 5) is 29.1. The molecule has 2 aromatic heterocycles. The van der Waals surface area contributed by atoms with Crippen molar-refractivity contribution in [3.63, 3.8) is 0 Å². The highest BCUT2D eigenvalue weighted by Gasteiger charge is 2.15. The van der Waals surface area contributed by atoms with Crippen molar-refractivity contribution in [1.29, 1.82) is 0 Å². The molecule has 3 aromatic rings. The lowest BCUT2D eigenvalue weighted by atomic mass is 10.00. The monoisotopic (exact) mass is 336 g/mol. The van der Waals surface area contributed by atoms with Crippen molar-refractivity contribution in [2.75, 3.05) is 0 Å². The number of ether oxygens (including phenoxy) is 1. The van der Waals surface area contributed by atoms with E-state index in [1.54, 1.807) is 6.07 Å². The van der Waals surface area contributed by atoms with E-state index in [1.807, 2.05) is 52.0 Å². The summed E-state index contributed by atoms with van der Waals surface area (Å²) in [5, 5.41) is 0. The predicted octanol–water partition coefficient (Wildman–Crippen LogP) is 3.29. The lowest BCUT2D eigenvalue weighted by molar-refractivity contribution is 0.0466. The summed E-state index contributed by atoms with van der Waals surface area (Å²) in [6, 6.07) is 10.8. The van der Waals surface area contributed by atoms with Gasteiger partial charge in [-0.1, -0.05) is 23.8 Å². The number of carbonyl (C=O) groups excluding carboxylic acids is 1. The van der Waals surface area contributed by atoms with Crippen LogP contribution in [0.1, 0.15) is 38.4 Å². The number of fused-ring (bicyclic) bond motifs is 1. The molecule has 0 N–H and O–H groups in total. The molecule has 0 aliphatic heterocycles. The second-order valence-electron chi connectivity index (χ2n) is 6.30. The summed E-state index contributed by atoms with van der Waals surface area (Å²) in [6.07, 6.45) is 0. The third-order valence-electron chi connectivity index (χ3n) is 4.17. The Hall–Kier alpha value is -2.95. The summed E-state index contributed by atoms with van der Waals surface area (Å²) in [6.45, 7) is 7.58. The van der Waals surface area contributed by atoms with Gasteiger partial charge in [0.1, 0.15) is 12.3 Å². The summed E-state index contributed by atoms with van der Waals surface area (Å²) in [5.41, 5.74) is 5.04. The SMILES string of the molecule is Cc1cc(C)c(C(=O)OCc2cc(=O)n3c(C)cccc3n2)c(C)c1. The fourth-order valence-corrected chi connectivity index (χ4v) is 3.15. The lowest BCUT2D eigenvalue weighted by Crippen LogP contribution is -2.18. The molecule has 128 valence electrons. The van der Waals surface area contributed by atoms with Crippen LogP contribution in [0, 0.1) is 27.7 Å². The molecule has 0 aliphatic carbocycles. The Morgan fingerprint density at radius 3 is 2.44 bits per heavy atom. The van der Waals surface area contributed by atoms with Gasteiger partial charge >= 0.3 is 5.97 Å². The highest BCUT2D eigenvalue weighted by atomic mass is 16.5. The number of benzene rings is 1. The summed E-state index contributed by atoms with van der Waals surface area (Å²) < 4.78 is 6.93. The maximum Gasteiger partial charge on any atom is 0.339 e. The highest BCUT2D eigenvalue weighted by molar-refractivity contribution is 5.92. The molecular formula is C20H20N2O3. The zero-order valence-electron chi connectivity index (χ0n) is 14.8. The molecule has 25 heavy (non-hydrogen) atoms. The quantitative estimate of drug-likeness (QED) is 0.689. The maximum atomic E-state index is 12.4. The van der Waals surface area contributed by atoms with Gasteiger partial charge in [0.25, 0.3) is 5.56 Å². The van der Waals surface area contributed by atoms with Crippen LogP contribution in [0.5, 0.6) is 0 Å². The van der Waals surface area contributed by atoms with E-state index in [-0.39, 0.29) is 12.2 Å². The van der Waals surface area contributed by atoms with Gasteiger partial charge in [-0.2, -0.15) is 0 Å². The van der Waals surface area contributed by atoms with Gasteiger partial charge in [-0.05, 0) is 51.0 Å². The molecule has 0 bridgehead atoms. The van der Waals surface area contributed by atoms with Crippen molar-refractivity contribution in [2.45, 2.75) is 34.3 Å². The molecule has 5 heteroatoms. The number of aryl methyl sites for hydroxylation is 4. The highest BCUT2D eigenvalue weighted by Crippen LogP contribution is 2.18. The van der Waals surface area contributed by atoms with Gasteiger partial charge in [-0.25, -0.2) is 9.78 Å². The molecule has 0 amide bonds. The van der Waals surface area contributed by atoms with Crippen LogP contribution in [0.2, 0.25) is 0 Å². The van der Waals surface area contributed by atoms with Gasteiger partial charge in [-0.15, -0.1) is 0 Å². The van der Waals surface area contributed by atoms with Gasteiger partial charge in [0.2, 0.25) is 0 Å². The van der Waals surface area contributed by atoms with Gasteiger partial charge in [0.15, 0.2) is 0 Å². The van der Waals surface area contributed by atoms with Crippen molar-refractivity contribution >= 4 is 11.6 Å². The average Bonchev–Trinajstić information content (AvgIpc) is 2.51. The Balaban J connectivity index is 1.86. The van der Waals surface area contributed by atoms with Crippen molar-refractivity contribution in [2.24, 2.45) is 0 Å². The number of pyridine rings is 1. The normalized spacial score (nSPS) is 10.9. The predicted molar refractivity (Wildman–Crippen MR) is 96.0 cm³/mol. The molecule has 0 spiro atoms. The fourth-order valence-electron chi connectivity index (χ4n) is 3.15. The van der Waals surface area contributed by atoms with E-state index < -0.39 is 5.97 Å². The van der Waals surface area contributed by atoms with E-state index in [1.165, 1.54) is 10.5 Å². The van der Waals surface area contributed by atoms with Crippen molar-refractivity contribution in [1.82, 2.24) is 9.38 Å². The van der Waals surface area contributed by atoms with Gasteiger partial charge in [0, 0.05) is 11.8 Å². The molecular weight excluding hydrogens is 316 g/mol. The fraction of sp³-hybridized carbons (Fsp3) is 0.250.